The third-order valence-electron chi connectivity index (χ3n) is 2.73. The van der Waals surface area contributed by atoms with Crippen LogP contribution in [0.2, 0.25) is 5.02 Å². The van der Waals surface area contributed by atoms with E-state index in [9.17, 15) is 8.78 Å². The number of benzene rings is 2. The van der Waals surface area contributed by atoms with Crippen molar-refractivity contribution in [1.29, 1.82) is 0 Å². The number of rotatable bonds is 5. The smallest absolute Gasteiger partial charge is 0.387 e. The van der Waals surface area contributed by atoms with Gasteiger partial charge in [-0.05, 0) is 36.6 Å². The third kappa shape index (κ3) is 5.30. The normalized spacial score (nSPS) is 11.6. The molecule has 2 rings (SSSR count). The maximum Gasteiger partial charge on any atom is 0.387 e. The molecule has 8 heteroatoms. The fraction of sp³-hybridized carbons (Fsp3) is 0.133. The van der Waals surface area contributed by atoms with Crippen molar-refractivity contribution in [3.05, 3.63) is 47.5 Å². The molecule has 0 amide bonds. The van der Waals surface area contributed by atoms with E-state index in [-0.39, 0.29) is 11.7 Å². The first-order valence-corrected chi connectivity index (χ1v) is 8.08. The predicted octanol–water partition coefficient (Wildman–Crippen LogP) is 4.72. The standard InChI is InChI=1S/C15H14ClF2N3OS/c1-23-11-5-6-12(16)13(8-11)21-15(19)20-9-3-2-4-10(7-9)22-14(17)18/h2-8,14H,1H3,(H3,19,20,21). The van der Waals surface area contributed by atoms with Gasteiger partial charge in [0.2, 0.25) is 0 Å². The number of hydrogen-bond donors (Lipinski definition) is 2. The maximum atomic E-state index is 12.2. The Labute approximate surface area is 141 Å². The lowest BCUT2D eigenvalue weighted by Gasteiger charge is -2.09. The molecule has 23 heavy (non-hydrogen) atoms. The number of anilines is 1. The van der Waals surface area contributed by atoms with E-state index in [0.717, 1.165) is 4.90 Å². The van der Waals surface area contributed by atoms with Crippen LogP contribution in [-0.2, 0) is 0 Å². The fourth-order valence-corrected chi connectivity index (χ4v) is 2.35. The number of aliphatic imine (C=N–C) groups is 1. The molecule has 0 heterocycles. The van der Waals surface area contributed by atoms with Crippen LogP contribution in [0.25, 0.3) is 0 Å². The lowest BCUT2D eigenvalue weighted by Crippen LogP contribution is -2.22. The van der Waals surface area contributed by atoms with E-state index >= 15 is 0 Å². The van der Waals surface area contributed by atoms with Crippen molar-refractivity contribution >= 4 is 40.7 Å². The molecule has 0 spiro atoms. The molecule has 122 valence electrons. The van der Waals surface area contributed by atoms with Crippen molar-refractivity contribution in [2.75, 3.05) is 11.6 Å². The summed E-state index contributed by atoms with van der Waals surface area (Å²) in [5, 5.41) is 3.27. The number of nitrogens with zero attached hydrogens (tertiary/aromatic N) is 1. The largest absolute Gasteiger partial charge is 0.435 e. The zero-order valence-corrected chi connectivity index (χ0v) is 13.7. The van der Waals surface area contributed by atoms with Crippen LogP contribution in [0.15, 0.2) is 52.4 Å². The van der Waals surface area contributed by atoms with Gasteiger partial charge in [0.1, 0.15) is 5.75 Å². The molecule has 4 nitrogen and oxygen atoms in total. The van der Waals surface area contributed by atoms with Crippen LogP contribution in [0.3, 0.4) is 0 Å². The van der Waals surface area contributed by atoms with Crippen molar-refractivity contribution in [1.82, 2.24) is 0 Å². The van der Waals surface area contributed by atoms with Gasteiger partial charge in [-0.15, -0.1) is 11.8 Å². The Kier molecular flexibility index (Phi) is 6.06. The van der Waals surface area contributed by atoms with E-state index < -0.39 is 6.61 Å². The van der Waals surface area contributed by atoms with Crippen LogP contribution < -0.4 is 15.8 Å². The topological polar surface area (TPSA) is 59.6 Å². The van der Waals surface area contributed by atoms with Crippen LogP contribution >= 0.6 is 23.4 Å². The molecule has 3 N–H and O–H groups in total. The molecule has 2 aromatic rings. The zero-order valence-electron chi connectivity index (χ0n) is 12.1. The Hall–Kier alpha value is -1.99. The quantitative estimate of drug-likeness (QED) is 0.461. The maximum absolute atomic E-state index is 12.2. The van der Waals surface area contributed by atoms with Crippen LogP contribution in [-0.4, -0.2) is 18.8 Å². The van der Waals surface area contributed by atoms with E-state index in [1.54, 1.807) is 36.0 Å². The molecule has 0 aliphatic heterocycles. The molecule has 0 unspecified atom stereocenters. The average Bonchev–Trinajstić information content (AvgIpc) is 2.49. The highest BCUT2D eigenvalue weighted by Gasteiger charge is 2.06. The van der Waals surface area contributed by atoms with E-state index in [1.165, 1.54) is 12.1 Å². The van der Waals surface area contributed by atoms with Gasteiger partial charge in [-0.3, -0.25) is 0 Å². The van der Waals surface area contributed by atoms with Gasteiger partial charge < -0.3 is 15.8 Å². The second-order valence-electron chi connectivity index (χ2n) is 4.35. The SMILES string of the molecule is CSc1ccc(Cl)c(N=C(N)Nc2cccc(OC(F)F)c2)c1. The minimum Gasteiger partial charge on any atom is -0.435 e. The van der Waals surface area contributed by atoms with E-state index in [4.69, 9.17) is 17.3 Å². The van der Waals surface area contributed by atoms with Crippen molar-refractivity contribution in [3.63, 3.8) is 0 Å². The number of guanidine groups is 1. The Morgan fingerprint density at radius 3 is 2.78 bits per heavy atom. The molecule has 0 aliphatic carbocycles. The summed E-state index contributed by atoms with van der Waals surface area (Å²) in [7, 11) is 0. The highest BCUT2D eigenvalue weighted by molar-refractivity contribution is 7.98. The van der Waals surface area contributed by atoms with Gasteiger partial charge in [0.25, 0.3) is 0 Å². The van der Waals surface area contributed by atoms with Crippen LogP contribution in [0.4, 0.5) is 20.2 Å². The molecule has 0 saturated heterocycles. The highest BCUT2D eigenvalue weighted by atomic mass is 35.5. The first-order valence-electron chi connectivity index (χ1n) is 6.47. The number of alkyl halides is 2. The van der Waals surface area contributed by atoms with Crippen LogP contribution in [0.1, 0.15) is 0 Å². The zero-order chi connectivity index (χ0) is 16.8. The molecule has 0 saturated carbocycles. The van der Waals surface area contributed by atoms with E-state index in [0.29, 0.717) is 16.4 Å². The van der Waals surface area contributed by atoms with Gasteiger partial charge in [0.05, 0.1) is 10.7 Å². The summed E-state index contributed by atoms with van der Waals surface area (Å²) in [6.07, 6.45) is 1.94. The lowest BCUT2D eigenvalue weighted by atomic mass is 10.3. The van der Waals surface area contributed by atoms with Gasteiger partial charge in [-0.1, -0.05) is 17.7 Å². The molecule has 0 aromatic heterocycles. The summed E-state index contributed by atoms with van der Waals surface area (Å²) in [4.78, 5) is 5.20. The first-order chi connectivity index (χ1) is 11.0. The molecule has 0 radical (unpaired) electrons. The number of ether oxygens (including phenoxy) is 1. The third-order valence-corrected chi connectivity index (χ3v) is 3.77. The summed E-state index contributed by atoms with van der Waals surface area (Å²) in [5.41, 5.74) is 6.82. The minimum absolute atomic E-state index is 0.0280. The number of nitrogens with two attached hydrogens (primary N) is 1. The van der Waals surface area contributed by atoms with Gasteiger partial charge >= 0.3 is 6.61 Å². The van der Waals surface area contributed by atoms with E-state index in [1.807, 2.05) is 12.3 Å². The molecule has 0 fully saturated rings. The predicted molar refractivity (Wildman–Crippen MR) is 91.2 cm³/mol. The molecular formula is C15H14ClF2N3OS. The van der Waals surface area contributed by atoms with Gasteiger partial charge in [-0.2, -0.15) is 8.78 Å². The number of thioether (sulfide) groups is 1. The monoisotopic (exact) mass is 357 g/mol. The van der Waals surface area contributed by atoms with Crippen LogP contribution in [0, 0.1) is 0 Å². The number of nitrogens with one attached hydrogen (secondary N) is 1. The first kappa shape index (κ1) is 17.4. The lowest BCUT2D eigenvalue weighted by molar-refractivity contribution is -0.0497. The molecule has 0 bridgehead atoms. The molecule has 0 atom stereocenters. The van der Waals surface area contributed by atoms with Gasteiger partial charge in [0, 0.05) is 16.6 Å². The summed E-state index contributed by atoms with van der Waals surface area (Å²) in [6.45, 7) is -2.88. The Morgan fingerprint density at radius 1 is 1.30 bits per heavy atom. The summed E-state index contributed by atoms with van der Waals surface area (Å²) < 4.78 is 28.7. The van der Waals surface area contributed by atoms with Gasteiger partial charge in [-0.25, -0.2) is 4.99 Å². The summed E-state index contributed by atoms with van der Waals surface area (Å²) in [6, 6.07) is 11.4. The Bertz CT molecular complexity index is 713. The highest BCUT2D eigenvalue weighted by Crippen LogP contribution is 2.29. The second kappa shape index (κ2) is 8.03. The van der Waals surface area contributed by atoms with Crippen molar-refractivity contribution < 1.29 is 13.5 Å². The molecule has 2 aromatic carbocycles. The van der Waals surface area contributed by atoms with Crippen molar-refractivity contribution in [3.8, 4) is 5.75 Å². The van der Waals surface area contributed by atoms with Crippen molar-refractivity contribution in [2.45, 2.75) is 11.5 Å². The van der Waals surface area contributed by atoms with Crippen molar-refractivity contribution in [2.24, 2.45) is 10.7 Å². The van der Waals surface area contributed by atoms with Crippen LogP contribution in [0.5, 0.6) is 5.75 Å². The minimum atomic E-state index is -2.88. The average molecular weight is 358 g/mol. The second-order valence-corrected chi connectivity index (χ2v) is 5.63. The summed E-state index contributed by atoms with van der Waals surface area (Å²) in [5.74, 6) is 0.111. The Balaban J connectivity index is 2.16. The number of hydrogen-bond acceptors (Lipinski definition) is 3. The number of halogens is 3. The molecule has 0 aliphatic rings. The Morgan fingerprint density at radius 2 is 2.09 bits per heavy atom. The van der Waals surface area contributed by atoms with E-state index in [2.05, 4.69) is 15.0 Å². The van der Waals surface area contributed by atoms with Gasteiger partial charge in [0.15, 0.2) is 5.96 Å². The summed E-state index contributed by atoms with van der Waals surface area (Å²) >= 11 is 7.63. The fourth-order valence-electron chi connectivity index (χ4n) is 1.76. The molecular weight excluding hydrogens is 344 g/mol.